The molecule has 0 radical (unpaired) electrons. The van der Waals surface area contributed by atoms with Crippen molar-refractivity contribution in [3.8, 4) is 0 Å². The van der Waals surface area contributed by atoms with E-state index in [0.717, 1.165) is 45.6 Å². The molecule has 0 spiro atoms. The van der Waals surface area contributed by atoms with Crippen molar-refractivity contribution in [2.75, 3.05) is 39.3 Å². The number of carbonyl (C=O) groups excluding carboxylic acids is 2. The van der Waals surface area contributed by atoms with Crippen LogP contribution >= 0.6 is 0 Å². The summed E-state index contributed by atoms with van der Waals surface area (Å²) >= 11 is 0. The first-order valence-electron chi connectivity index (χ1n) is 8.95. The number of likely N-dealkylation sites (N-methyl/N-ethyl adjacent to an activating group) is 1. The number of nitrogens with zero attached hydrogens (tertiary/aromatic N) is 3. The Morgan fingerprint density at radius 3 is 2.50 bits per heavy atom. The molecule has 1 aliphatic carbocycles. The lowest BCUT2D eigenvalue weighted by Crippen LogP contribution is -2.49. The monoisotopic (exact) mass is 333 g/mol. The molecule has 1 saturated carbocycles. The van der Waals surface area contributed by atoms with Gasteiger partial charge >= 0.3 is 0 Å². The maximum absolute atomic E-state index is 12.7. The second-order valence-electron chi connectivity index (χ2n) is 6.69. The lowest BCUT2D eigenvalue weighted by atomic mass is 10.2. The SMILES string of the molecule is CCN1CCN(C(=O)CCN(C(=O)c2ccoc2C)C2CC2)CC1. The predicted molar refractivity (Wildman–Crippen MR) is 90.8 cm³/mol. The molecule has 2 aliphatic rings. The van der Waals surface area contributed by atoms with Crippen LogP contribution < -0.4 is 0 Å². The molecular weight excluding hydrogens is 306 g/mol. The Balaban J connectivity index is 1.54. The van der Waals surface area contributed by atoms with Crippen LogP contribution in [0.3, 0.4) is 0 Å². The number of amides is 2. The molecule has 0 N–H and O–H groups in total. The summed E-state index contributed by atoms with van der Waals surface area (Å²) < 4.78 is 5.25. The van der Waals surface area contributed by atoms with E-state index in [2.05, 4.69) is 11.8 Å². The molecule has 6 nitrogen and oxygen atoms in total. The number of rotatable bonds is 6. The minimum atomic E-state index is -0.00708. The second-order valence-corrected chi connectivity index (χ2v) is 6.69. The fourth-order valence-electron chi connectivity index (χ4n) is 3.29. The van der Waals surface area contributed by atoms with Gasteiger partial charge in [0, 0.05) is 45.2 Å². The highest BCUT2D eigenvalue weighted by Gasteiger charge is 2.34. The van der Waals surface area contributed by atoms with E-state index >= 15 is 0 Å². The number of aryl methyl sites for hydroxylation is 1. The van der Waals surface area contributed by atoms with Gasteiger partial charge in [0.05, 0.1) is 11.8 Å². The van der Waals surface area contributed by atoms with E-state index in [9.17, 15) is 9.59 Å². The van der Waals surface area contributed by atoms with Crippen molar-refractivity contribution in [2.24, 2.45) is 0 Å². The minimum Gasteiger partial charge on any atom is -0.469 e. The van der Waals surface area contributed by atoms with Gasteiger partial charge in [-0.15, -0.1) is 0 Å². The van der Waals surface area contributed by atoms with Gasteiger partial charge in [-0.05, 0) is 32.4 Å². The van der Waals surface area contributed by atoms with Crippen molar-refractivity contribution in [1.82, 2.24) is 14.7 Å². The Bertz CT molecular complexity index is 586. The minimum absolute atomic E-state index is 0.00708. The van der Waals surface area contributed by atoms with Crippen molar-refractivity contribution >= 4 is 11.8 Å². The van der Waals surface area contributed by atoms with Crippen LogP contribution in [-0.4, -0.2) is 71.8 Å². The molecule has 132 valence electrons. The highest BCUT2D eigenvalue weighted by atomic mass is 16.3. The van der Waals surface area contributed by atoms with Crippen LogP contribution in [0.15, 0.2) is 16.7 Å². The third-order valence-electron chi connectivity index (χ3n) is 5.08. The summed E-state index contributed by atoms with van der Waals surface area (Å²) in [5.74, 6) is 0.799. The molecule has 2 heterocycles. The third-order valence-corrected chi connectivity index (χ3v) is 5.08. The first kappa shape index (κ1) is 17.0. The molecule has 0 atom stereocenters. The van der Waals surface area contributed by atoms with Gasteiger partial charge in [0.2, 0.25) is 5.91 Å². The lowest BCUT2D eigenvalue weighted by Gasteiger charge is -2.34. The van der Waals surface area contributed by atoms with Gasteiger partial charge in [-0.1, -0.05) is 6.92 Å². The van der Waals surface area contributed by atoms with Crippen LogP contribution in [-0.2, 0) is 4.79 Å². The summed E-state index contributed by atoms with van der Waals surface area (Å²) in [5.41, 5.74) is 0.617. The molecule has 2 amide bonds. The first-order chi connectivity index (χ1) is 11.6. The molecule has 0 unspecified atom stereocenters. The van der Waals surface area contributed by atoms with E-state index < -0.39 is 0 Å². The van der Waals surface area contributed by atoms with Crippen molar-refractivity contribution in [3.05, 3.63) is 23.7 Å². The topological polar surface area (TPSA) is 57.0 Å². The quantitative estimate of drug-likeness (QED) is 0.796. The van der Waals surface area contributed by atoms with Crippen molar-refractivity contribution in [2.45, 2.75) is 39.2 Å². The van der Waals surface area contributed by atoms with Crippen LogP contribution in [0.25, 0.3) is 0 Å². The number of hydrogen-bond donors (Lipinski definition) is 0. The zero-order valence-electron chi connectivity index (χ0n) is 14.7. The average molecular weight is 333 g/mol. The van der Waals surface area contributed by atoms with E-state index in [0.29, 0.717) is 24.3 Å². The standard InChI is InChI=1S/C18H27N3O3/c1-3-19-9-11-20(12-10-19)17(22)6-8-21(15-4-5-15)18(23)16-7-13-24-14(16)2/h7,13,15H,3-6,8-12H2,1-2H3. The van der Waals surface area contributed by atoms with Gasteiger partial charge in [0.25, 0.3) is 5.91 Å². The normalized spacial score (nSPS) is 18.7. The van der Waals surface area contributed by atoms with E-state index in [4.69, 9.17) is 4.42 Å². The van der Waals surface area contributed by atoms with Gasteiger partial charge in [-0.3, -0.25) is 9.59 Å². The maximum atomic E-state index is 12.7. The second kappa shape index (κ2) is 7.38. The lowest BCUT2D eigenvalue weighted by molar-refractivity contribution is -0.133. The van der Waals surface area contributed by atoms with Crippen molar-refractivity contribution < 1.29 is 14.0 Å². The Labute approximate surface area is 143 Å². The highest BCUT2D eigenvalue weighted by Crippen LogP contribution is 2.29. The van der Waals surface area contributed by atoms with Crippen LogP contribution in [0, 0.1) is 6.92 Å². The molecular formula is C18H27N3O3. The Kier molecular flexibility index (Phi) is 5.23. The molecule has 6 heteroatoms. The van der Waals surface area contributed by atoms with Crippen LogP contribution in [0.4, 0.5) is 0 Å². The van der Waals surface area contributed by atoms with Crippen LogP contribution in [0.2, 0.25) is 0 Å². The van der Waals surface area contributed by atoms with E-state index in [1.807, 2.05) is 9.80 Å². The molecule has 24 heavy (non-hydrogen) atoms. The first-order valence-corrected chi connectivity index (χ1v) is 8.95. The molecule has 1 saturated heterocycles. The molecule has 1 aliphatic heterocycles. The van der Waals surface area contributed by atoms with E-state index in [-0.39, 0.29) is 17.9 Å². The third kappa shape index (κ3) is 3.80. The Hall–Kier alpha value is -1.82. The van der Waals surface area contributed by atoms with Crippen molar-refractivity contribution in [1.29, 1.82) is 0 Å². The zero-order valence-corrected chi connectivity index (χ0v) is 14.7. The smallest absolute Gasteiger partial charge is 0.257 e. The van der Waals surface area contributed by atoms with Gasteiger partial charge < -0.3 is 19.1 Å². The van der Waals surface area contributed by atoms with Crippen LogP contribution in [0.5, 0.6) is 0 Å². The number of hydrogen-bond acceptors (Lipinski definition) is 4. The zero-order chi connectivity index (χ0) is 17.1. The summed E-state index contributed by atoms with van der Waals surface area (Å²) in [6, 6.07) is 2.01. The van der Waals surface area contributed by atoms with E-state index in [1.165, 1.54) is 0 Å². The van der Waals surface area contributed by atoms with Crippen molar-refractivity contribution in [3.63, 3.8) is 0 Å². The maximum Gasteiger partial charge on any atom is 0.257 e. The number of furan rings is 1. The summed E-state index contributed by atoms with van der Waals surface area (Å²) in [5, 5.41) is 0. The Morgan fingerprint density at radius 1 is 1.25 bits per heavy atom. The fraction of sp³-hybridized carbons (Fsp3) is 0.667. The molecule has 3 rings (SSSR count). The number of piperazine rings is 1. The molecule has 1 aromatic heterocycles. The van der Waals surface area contributed by atoms with Gasteiger partial charge in [0.15, 0.2) is 0 Å². The summed E-state index contributed by atoms with van der Waals surface area (Å²) in [6.45, 7) is 8.97. The van der Waals surface area contributed by atoms with Gasteiger partial charge in [-0.2, -0.15) is 0 Å². The summed E-state index contributed by atoms with van der Waals surface area (Å²) in [4.78, 5) is 31.3. The molecule has 0 bridgehead atoms. The predicted octanol–water partition coefficient (Wildman–Crippen LogP) is 1.75. The molecule has 0 aromatic carbocycles. The van der Waals surface area contributed by atoms with E-state index in [1.54, 1.807) is 19.3 Å². The Morgan fingerprint density at radius 2 is 1.96 bits per heavy atom. The van der Waals surface area contributed by atoms with Gasteiger partial charge in [-0.25, -0.2) is 0 Å². The van der Waals surface area contributed by atoms with Crippen LogP contribution in [0.1, 0.15) is 42.3 Å². The molecule has 1 aromatic rings. The average Bonchev–Trinajstić information content (AvgIpc) is 3.35. The van der Waals surface area contributed by atoms with Gasteiger partial charge in [0.1, 0.15) is 5.76 Å². The highest BCUT2D eigenvalue weighted by molar-refractivity contribution is 5.95. The molecule has 2 fully saturated rings. The largest absolute Gasteiger partial charge is 0.469 e. The summed E-state index contributed by atoms with van der Waals surface area (Å²) in [6.07, 6.45) is 4.02. The fourth-order valence-corrected chi connectivity index (χ4v) is 3.29. The summed E-state index contributed by atoms with van der Waals surface area (Å²) in [7, 11) is 0. The number of carbonyl (C=O) groups is 2.